The van der Waals surface area contributed by atoms with Crippen molar-refractivity contribution in [1.82, 2.24) is 0 Å². The zero-order chi connectivity index (χ0) is 29.3. The van der Waals surface area contributed by atoms with Gasteiger partial charge in [0.05, 0.1) is 16.7 Å². The quantitative estimate of drug-likeness (QED) is 0.0788. The third kappa shape index (κ3) is 5.72. The molecule has 0 atom stereocenters. The minimum atomic E-state index is -2.34. The molecule has 0 aliphatic carbocycles. The molecule has 0 radical (unpaired) electrons. The number of ether oxygens (including phenoxy) is 2. The molecule has 3 aromatic carbocycles. The molecule has 0 aliphatic heterocycles. The third-order valence-electron chi connectivity index (χ3n) is 5.77. The number of aryl methyl sites for hydroxylation is 2. The Hall–Kier alpha value is -4.94. The van der Waals surface area contributed by atoms with Crippen molar-refractivity contribution in [2.75, 3.05) is 5.32 Å². The molecule has 1 heterocycles. The van der Waals surface area contributed by atoms with Gasteiger partial charge in [0.2, 0.25) is 29.1 Å². The van der Waals surface area contributed by atoms with Gasteiger partial charge in [-0.3, -0.25) is 14.9 Å². The molecule has 0 saturated heterocycles. The van der Waals surface area contributed by atoms with Crippen molar-refractivity contribution in [2.45, 2.75) is 27.4 Å². The Kier molecular flexibility index (Phi) is 7.75. The summed E-state index contributed by atoms with van der Waals surface area (Å²) in [5.41, 5.74) is 2.30. The number of rotatable bonds is 8. The topological polar surface area (TPSA) is 104 Å². The van der Waals surface area contributed by atoms with E-state index in [0.717, 1.165) is 28.8 Å². The number of furan rings is 1. The lowest BCUT2D eigenvalue weighted by Crippen LogP contribution is -2.11. The van der Waals surface area contributed by atoms with Crippen LogP contribution in [0.4, 0.5) is 33.3 Å². The summed E-state index contributed by atoms with van der Waals surface area (Å²) < 4.78 is 83.3. The Labute approximate surface area is 223 Å². The highest BCUT2D eigenvalue weighted by atomic mass is 19.2. The summed E-state index contributed by atoms with van der Waals surface area (Å²) in [5.74, 6) is -13.4. The first-order chi connectivity index (χ1) is 18.8. The third-order valence-corrected chi connectivity index (χ3v) is 5.77. The minimum Gasteiger partial charge on any atom is -0.479 e. The van der Waals surface area contributed by atoms with Crippen LogP contribution < -0.4 is 14.8 Å². The summed E-state index contributed by atoms with van der Waals surface area (Å²) in [4.78, 5) is 23.5. The second-order valence-corrected chi connectivity index (χ2v) is 8.69. The van der Waals surface area contributed by atoms with Gasteiger partial charge in [-0.1, -0.05) is 6.07 Å². The molecule has 0 bridgehead atoms. The SMILES string of the molecule is Cc1cc(C)c(C)c(Oc2cc(NC(=O)c3ccc(COc4c(F)c(F)c(F)c(F)c4F)o3)cc([N+](=O)[O-])c2)c1. The number of carbonyl (C=O) groups is 1. The minimum absolute atomic E-state index is 0.00756. The average Bonchev–Trinajstić information content (AvgIpc) is 3.38. The van der Waals surface area contributed by atoms with E-state index in [4.69, 9.17) is 13.9 Å². The Balaban J connectivity index is 1.52. The van der Waals surface area contributed by atoms with Gasteiger partial charge in [-0.2, -0.15) is 8.78 Å². The van der Waals surface area contributed by atoms with Crippen molar-refractivity contribution in [1.29, 1.82) is 0 Å². The van der Waals surface area contributed by atoms with Crippen molar-refractivity contribution < 1.29 is 45.6 Å². The first-order valence-corrected chi connectivity index (χ1v) is 11.4. The van der Waals surface area contributed by atoms with Crippen LogP contribution in [0, 0.1) is 60.0 Å². The van der Waals surface area contributed by atoms with E-state index in [1.807, 2.05) is 26.8 Å². The van der Waals surface area contributed by atoms with Gasteiger partial charge < -0.3 is 19.2 Å². The van der Waals surface area contributed by atoms with Crippen LogP contribution in [0.15, 0.2) is 46.9 Å². The fourth-order valence-corrected chi connectivity index (χ4v) is 3.68. The number of nitrogens with zero attached hydrogens (tertiary/aromatic N) is 1. The van der Waals surface area contributed by atoms with E-state index < -0.39 is 52.3 Å². The molecular formula is C27H19F5N2O6. The molecule has 0 aliphatic rings. The Morgan fingerprint density at radius 2 is 1.57 bits per heavy atom. The van der Waals surface area contributed by atoms with Gasteiger partial charge in [0.25, 0.3) is 11.6 Å². The van der Waals surface area contributed by atoms with Gasteiger partial charge in [0, 0.05) is 12.1 Å². The summed E-state index contributed by atoms with van der Waals surface area (Å²) in [6.07, 6.45) is 0. The highest BCUT2D eigenvalue weighted by molar-refractivity contribution is 6.02. The van der Waals surface area contributed by atoms with Gasteiger partial charge in [0.15, 0.2) is 11.5 Å². The number of halogens is 5. The second-order valence-electron chi connectivity index (χ2n) is 8.69. The molecule has 13 heteroatoms. The van der Waals surface area contributed by atoms with Crippen molar-refractivity contribution in [3.8, 4) is 17.2 Å². The number of benzene rings is 3. The average molecular weight is 562 g/mol. The van der Waals surface area contributed by atoms with E-state index >= 15 is 0 Å². The van der Waals surface area contributed by atoms with Crippen LogP contribution >= 0.6 is 0 Å². The lowest BCUT2D eigenvalue weighted by molar-refractivity contribution is -0.384. The predicted octanol–water partition coefficient (Wildman–Crippen LogP) is 7.43. The number of anilines is 1. The highest BCUT2D eigenvalue weighted by Gasteiger charge is 2.27. The van der Waals surface area contributed by atoms with Gasteiger partial charge >= 0.3 is 0 Å². The summed E-state index contributed by atoms with van der Waals surface area (Å²) >= 11 is 0. The maximum absolute atomic E-state index is 13.8. The molecule has 1 aromatic heterocycles. The summed E-state index contributed by atoms with van der Waals surface area (Å²) in [6.45, 7) is 4.80. The molecule has 1 N–H and O–H groups in total. The Morgan fingerprint density at radius 1 is 0.925 bits per heavy atom. The zero-order valence-corrected chi connectivity index (χ0v) is 21.0. The smallest absolute Gasteiger partial charge is 0.291 e. The molecule has 4 rings (SSSR count). The van der Waals surface area contributed by atoms with Crippen molar-refractivity contribution >= 4 is 17.3 Å². The maximum atomic E-state index is 13.8. The molecule has 208 valence electrons. The van der Waals surface area contributed by atoms with E-state index in [2.05, 4.69) is 5.32 Å². The van der Waals surface area contributed by atoms with Crippen molar-refractivity contribution in [2.24, 2.45) is 0 Å². The molecule has 0 unspecified atom stereocenters. The van der Waals surface area contributed by atoms with Gasteiger partial charge in [-0.15, -0.1) is 0 Å². The van der Waals surface area contributed by atoms with E-state index in [1.165, 1.54) is 18.2 Å². The van der Waals surface area contributed by atoms with Crippen LogP contribution in [-0.4, -0.2) is 10.8 Å². The maximum Gasteiger partial charge on any atom is 0.291 e. The van der Waals surface area contributed by atoms with E-state index in [9.17, 15) is 36.9 Å². The number of hydrogen-bond donors (Lipinski definition) is 1. The van der Waals surface area contributed by atoms with Gasteiger partial charge in [-0.05, 0) is 55.7 Å². The van der Waals surface area contributed by atoms with E-state index in [-0.39, 0.29) is 28.6 Å². The Morgan fingerprint density at radius 3 is 2.23 bits per heavy atom. The van der Waals surface area contributed by atoms with Gasteiger partial charge in [-0.25, -0.2) is 13.2 Å². The van der Waals surface area contributed by atoms with Crippen LogP contribution in [0.2, 0.25) is 0 Å². The van der Waals surface area contributed by atoms with Crippen LogP contribution in [-0.2, 0) is 6.61 Å². The summed E-state index contributed by atoms with van der Waals surface area (Å²) in [5, 5.41) is 13.9. The monoisotopic (exact) mass is 562 g/mol. The van der Waals surface area contributed by atoms with Crippen LogP contribution in [0.1, 0.15) is 33.0 Å². The van der Waals surface area contributed by atoms with Crippen LogP contribution in [0.25, 0.3) is 0 Å². The fraction of sp³-hybridized carbons (Fsp3) is 0.148. The molecule has 40 heavy (non-hydrogen) atoms. The standard InChI is InChI=1S/C27H19F5N2O6/c1-12-6-13(2)14(3)20(7-12)40-18-9-15(8-16(10-18)34(36)37)33-27(35)19-5-4-17(39-19)11-38-26-24(31)22(29)21(28)23(30)25(26)32/h4-10H,11H2,1-3H3,(H,33,35). The number of nitro benzene ring substituents is 1. The van der Waals surface area contributed by atoms with E-state index in [1.54, 1.807) is 6.07 Å². The summed E-state index contributed by atoms with van der Waals surface area (Å²) in [7, 11) is 0. The molecule has 8 nitrogen and oxygen atoms in total. The first kappa shape index (κ1) is 28.1. The lowest BCUT2D eigenvalue weighted by atomic mass is 10.1. The molecule has 1 amide bonds. The number of non-ortho nitro benzene ring substituents is 1. The normalized spacial score (nSPS) is 10.9. The Bertz CT molecular complexity index is 1620. The fourth-order valence-electron chi connectivity index (χ4n) is 3.68. The molecular weight excluding hydrogens is 543 g/mol. The molecule has 0 fully saturated rings. The van der Waals surface area contributed by atoms with Crippen LogP contribution in [0.3, 0.4) is 0 Å². The number of nitrogens with one attached hydrogen (secondary N) is 1. The number of nitro groups is 1. The molecule has 0 saturated carbocycles. The molecule has 0 spiro atoms. The molecule has 4 aromatic rings. The number of hydrogen-bond acceptors (Lipinski definition) is 6. The van der Waals surface area contributed by atoms with Crippen LogP contribution in [0.5, 0.6) is 17.2 Å². The number of carbonyl (C=O) groups excluding carboxylic acids is 1. The van der Waals surface area contributed by atoms with E-state index in [0.29, 0.717) is 5.75 Å². The lowest BCUT2D eigenvalue weighted by Gasteiger charge is -2.13. The second kappa shape index (κ2) is 11.0. The van der Waals surface area contributed by atoms with Crippen molar-refractivity contribution in [3.05, 3.63) is 110 Å². The largest absolute Gasteiger partial charge is 0.479 e. The van der Waals surface area contributed by atoms with Gasteiger partial charge in [0.1, 0.15) is 23.9 Å². The first-order valence-electron chi connectivity index (χ1n) is 11.4. The number of amides is 1. The zero-order valence-electron chi connectivity index (χ0n) is 21.0. The predicted molar refractivity (Wildman–Crippen MR) is 131 cm³/mol. The van der Waals surface area contributed by atoms with Crippen molar-refractivity contribution in [3.63, 3.8) is 0 Å². The summed E-state index contributed by atoms with van der Waals surface area (Å²) in [6, 6.07) is 9.68. The highest BCUT2D eigenvalue weighted by Crippen LogP contribution is 2.33.